The summed E-state index contributed by atoms with van der Waals surface area (Å²) in [4.78, 5) is 0. The zero-order valence-electron chi connectivity index (χ0n) is 9.92. The molecular formula is C14H14O4. The summed E-state index contributed by atoms with van der Waals surface area (Å²) in [5.41, 5.74) is 0.995. The molecule has 0 saturated heterocycles. The molecule has 2 aromatic rings. The number of aromatic hydroxyl groups is 3. The predicted octanol–water partition coefficient (Wildman–Crippen LogP) is 3.16. The largest absolute Gasteiger partial charge is 0.508 e. The van der Waals surface area contributed by atoms with Crippen LogP contribution in [0.2, 0.25) is 0 Å². The molecule has 94 valence electrons. The van der Waals surface area contributed by atoms with Gasteiger partial charge in [-0.05, 0) is 36.2 Å². The Morgan fingerprint density at radius 3 is 2.06 bits per heavy atom. The average Bonchev–Trinajstić information content (AvgIpc) is 2.34. The number of hydrogen-bond donors (Lipinski definition) is 3. The van der Waals surface area contributed by atoms with Crippen LogP contribution in [0.4, 0.5) is 0 Å². The summed E-state index contributed by atoms with van der Waals surface area (Å²) >= 11 is 0. The van der Waals surface area contributed by atoms with E-state index in [-0.39, 0.29) is 28.7 Å². The van der Waals surface area contributed by atoms with Crippen molar-refractivity contribution < 1.29 is 20.1 Å². The van der Waals surface area contributed by atoms with Crippen molar-refractivity contribution in [2.45, 2.75) is 13.3 Å². The lowest BCUT2D eigenvalue weighted by Crippen LogP contribution is -1.87. The van der Waals surface area contributed by atoms with E-state index in [1.807, 2.05) is 13.0 Å². The van der Waals surface area contributed by atoms with E-state index in [0.717, 1.165) is 12.0 Å². The fourth-order valence-electron chi connectivity index (χ4n) is 1.58. The third-order valence-corrected chi connectivity index (χ3v) is 2.59. The van der Waals surface area contributed by atoms with Crippen LogP contribution < -0.4 is 4.74 Å². The van der Waals surface area contributed by atoms with Gasteiger partial charge in [-0.15, -0.1) is 0 Å². The second-order valence-corrected chi connectivity index (χ2v) is 3.91. The molecule has 0 spiro atoms. The Kier molecular flexibility index (Phi) is 3.28. The third-order valence-electron chi connectivity index (χ3n) is 2.59. The number of hydrogen-bond acceptors (Lipinski definition) is 4. The second kappa shape index (κ2) is 4.87. The van der Waals surface area contributed by atoms with Crippen LogP contribution in [0.1, 0.15) is 12.5 Å². The molecule has 0 fully saturated rings. The van der Waals surface area contributed by atoms with Crippen LogP contribution in [0.3, 0.4) is 0 Å². The lowest BCUT2D eigenvalue weighted by molar-refractivity contribution is 0.381. The summed E-state index contributed by atoms with van der Waals surface area (Å²) in [5, 5.41) is 28.5. The van der Waals surface area contributed by atoms with Crippen LogP contribution >= 0.6 is 0 Å². The lowest BCUT2D eigenvalue weighted by Gasteiger charge is -2.10. The van der Waals surface area contributed by atoms with Gasteiger partial charge in [0.2, 0.25) is 0 Å². The van der Waals surface area contributed by atoms with Gasteiger partial charge in [0, 0.05) is 6.07 Å². The van der Waals surface area contributed by atoms with E-state index in [1.165, 1.54) is 18.2 Å². The molecule has 4 nitrogen and oxygen atoms in total. The Labute approximate surface area is 105 Å². The van der Waals surface area contributed by atoms with Crippen molar-refractivity contribution in [2.75, 3.05) is 0 Å². The lowest BCUT2D eigenvalue weighted by atomic mass is 10.1. The molecular weight excluding hydrogens is 232 g/mol. The van der Waals surface area contributed by atoms with Gasteiger partial charge in [-0.25, -0.2) is 0 Å². The molecule has 4 heteroatoms. The van der Waals surface area contributed by atoms with E-state index >= 15 is 0 Å². The minimum absolute atomic E-state index is 0.0156. The number of ether oxygens (including phenoxy) is 1. The highest BCUT2D eigenvalue weighted by atomic mass is 16.5. The molecule has 2 aromatic carbocycles. The molecule has 3 N–H and O–H groups in total. The van der Waals surface area contributed by atoms with Crippen LogP contribution in [-0.4, -0.2) is 15.3 Å². The fraction of sp³-hybridized carbons (Fsp3) is 0.143. The maximum atomic E-state index is 9.77. The van der Waals surface area contributed by atoms with Gasteiger partial charge in [0.1, 0.15) is 5.75 Å². The van der Waals surface area contributed by atoms with E-state index in [2.05, 4.69) is 0 Å². The maximum absolute atomic E-state index is 9.77. The first kappa shape index (κ1) is 12.1. The first-order chi connectivity index (χ1) is 8.60. The molecule has 0 aliphatic carbocycles. The van der Waals surface area contributed by atoms with Crippen molar-refractivity contribution in [2.24, 2.45) is 0 Å². The minimum atomic E-state index is -0.186. The van der Waals surface area contributed by atoms with Crippen molar-refractivity contribution in [1.82, 2.24) is 0 Å². The molecule has 2 rings (SSSR count). The summed E-state index contributed by atoms with van der Waals surface area (Å²) in [7, 11) is 0. The topological polar surface area (TPSA) is 69.9 Å². The van der Waals surface area contributed by atoms with Crippen molar-refractivity contribution in [3.63, 3.8) is 0 Å². The Morgan fingerprint density at radius 1 is 0.889 bits per heavy atom. The van der Waals surface area contributed by atoms with Gasteiger partial charge in [-0.2, -0.15) is 0 Å². The number of phenolic OH excluding ortho intramolecular Hbond substituents is 3. The Bertz CT molecular complexity index is 564. The van der Waals surface area contributed by atoms with E-state index in [4.69, 9.17) is 9.84 Å². The van der Waals surface area contributed by atoms with Gasteiger partial charge in [-0.3, -0.25) is 0 Å². The Hall–Kier alpha value is -2.36. The zero-order valence-corrected chi connectivity index (χ0v) is 9.92. The highest BCUT2D eigenvalue weighted by Gasteiger charge is 2.08. The predicted molar refractivity (Wildman–Crippen MR) is 67.3 cm³/mol. The summed E-state index contributed by atoms with van der Waals surface area (Å²) < 4.78 is 5.38. The van der Waals surface area contributed by atoms with Gasteiger partial charge >= 0.3 is 0 Å². The summed E-state index contributed by atoms with van der Waals surface area (Å²) in [6.07, 6.45) is 0.818. The first-order valence-corrected chi connectivity index (χ1v) is 5.62. The van der Waals surface area contributed by atoms with Crippen molar-refractivity contribution in [3.8, 4) is 28.7 Å². The monoisotopic (exact) mass is 246 g/mol. The van der Waals surface area contributed by atoms with Crippen molar-refractivity contribution in [1.29, 1.82) is 0 Å². The highest BCUT2D eigenvalue weighted by molar-refractivity contribution is 5.49. The zero-order chi connectivity index (χ0) is 13.1. The molecule has 0 aliphatic rings. The van der Waals surface area contributed by atoms with Crippen LogP contribution in [0.15, 0.2) is 36.4 Å². The molecule has 0 bridgehead atoms. The Morgan fingerprint density at radius 2 is 1.50 bits per heavy atom. The van der Waals surface area contributed by atoms with E-state index < -0.39 is 0 Å². The van der Waals surface area contributed by atoms with Gasteiger partial charge in [0.15, 0.2) is 23.0 Å². The maximum Gasteiger partial charge on any atom is 0.169 e. The van der Waals surface area contributed by atoms with Gasteiger partial charge < -0.3 is 20.1 Å². The minimum Gasteiger partial charge on any atom is -0.508 e. The smallest absolute Gasteiger partial charge is 0.169 e. The highest BCUT2D eigenvalue weighted by Crippen LogP contribution is 2.37. The summed E-state index contributed by atoms with van der Waals surface area (Å²) in [6.45, 7) is 1.99. The fourth-order valence-corrected chi connectivity index (χ4v) is 1.58. The molecule has 18 heavy (non-hydrogen) atoms. The van der Waals surface area contributed by atoms with Crippen LogP contribution in [0.25, 0.3) is 0 Å². The van der Waals surface area contributed by atoms with Gasteiger partial charge in [-0.1, -0.05) is 13.0 Å². The molecule has 0 aliphatic heterocycles. The first-order valence-electron chi connectivity index (χ1n) is 5.62. The number of benzene rings is 2. The number of rotatable bonds is 3. The summed E-state index contributed by atoms with van der Waals surface area (Å²) in [5.74, 6) is 0.210. The summed E-state index contributed by atoms with van der Waals surface area (Å²) in [6, 6.07) is 9.09. The van der Waals surface area contributed by atoms with Gasteiger partial charge in [0.05, 0.1) is 0 Å². The van der Waals surface area contributed by atoms with E-state index in [1.54, 1.807) is 12.1 Å². The molecule has 0 saturated carbocycles. The number of phenols is 3. The SMILES string of the molecule is CCc1ccc(Oc2ccc(O)cc2O)c(O)c1. The molecule has 0 heterocycles. The Balaban J connectivity index is 2.28. The standard InChI is InChI=1S/C14H14O4/c1-2-9-3-5-13(11(16)7-9)18-14-6-4-10(15)8-12(14)17/h3-8,15-17H,2H2,1H3. The molecule has 0 amide bonds. The van der Waals surface area contributed by atoms with E-state index in [9.17, 15) is 10.2 Å². The quantitative estimate of drug-likeness (QED) is 0.778. The van der Waals surface area contributed by atoms with Crippen LogP contribution in [-0.2, 0) is 6.42 Å². The average molecular weight is 246 g/mol. The molecule has 0 aromatic heterocycles. The molecule has 0 atom stereocenters. The molecule has 0 unspecified atom stereocenters. The van der Waals surface area contributed by atoms with Crippen LogP contribution in [0.5, 0.6) is 28.7 Å². The number of aryl methyl sites for hydroxylation is 1. The van der Waals surface area contributed by atoms with Crippen molar-refractivity contribution in [3.05, 3.63) is 42.0 Å². The normalized spacial score (nSPS) is 10.3. The second-order valence-electron chi connectivity index (χ2n) is 3.91. The van der Waals surface area contributed by atoms with Gasteiger partial charge in [0.25, 0.3) is 0 Å². The molecule has 0 radical (unpaired) electrons. The van der Waals surface area contributed by atoms with Crippen molar-refractivity contribution >= 4 is 0 Å². The van der Waals surface area contributed by atoms with Crippen LogP contribution in [0, 0.1) is 0 Å². The van der Waals surface area contributed by atoms with E-state index in [0.29, 0.717) is 0 Å². The third kappa shape index (κ3) is 2.48.